The second kappa shape index (κ2) is 10.9. The number of nitrogen functional groups attached to an aromatic ring is 1. The lowest BCUT2D eigenvalue weighted by molar-refractivity contribution is -0.144. The lowest BCUT2D eigenvalue weighted by Gasteiger charge is -2.09. The van der Waals surface area contributed by atoms with E-state index in [4.69, 9.17) is 15.6 Å². The van der Waals surface area contributed by atoms with E-state index in [-0.39, 0.29) is 43.7 Å². The number of amides is 1. The molecule has 0 aromatic heterocycles. The molecule has 4 N–H and O–H groups in total. The minimum atomic E-state index is -0.977. The van der Waals surface area contributed by atoms with Gasteiger partial charge in [0.1, 0.15) is 18.2 Å². The third kappa shape index (κ3) is 7.50. The fourth-order valence-electron chi connectivity index (χ4n) is 2.61. The number of aryl methyl sites for hydroxylation is 2. The van der Waals surface area contributed by atoms with Crippen molar-refractivity contribution in [2.45, 2.75) is 32.1 Å². The Kier molecular flexibility index (Phi) is 8.28. The standard InChI is InChI=1S/C21H22F2N2O5/c22-15-5-1-13(11-17(15)24)4-8-21(29)30-10-9-19(26)25-18-12-14(2-6-16(18)23)3-7-20(27)28/h1-2,5-6,11-12H,3-4,7-10,24H2,(H,25,26)(H,27,28). The molecule has 0 aliphatic rings. The first-order valence-electron chi connectivity index (χ1n) is 9.24. The van der Waals surface area contributed by atoms with E-state index < -0.39 is 29.5 Å². The monoisotopic (exact) mass is 420 g/mol. The van der Waals surface area contributed by atoms with Gasteiger partial charge >= 0.3 is 11.9 Å². The molecule has 1 amide bonds. The van der Waals surface area contributed by atoms with E-state index in [0.29, 0.717) is 17.5 Å². The van der Waals surface area contributed by atoms with Crippen molar-refractivity contribution >= 4 is 29.2 Å². The Bertz CT molecular complexity index is 934. The number of anilines is 2. The van der Waals surface area contributed by atoms with E-state index in [1.165, 1.54) is 30.3 Å². The lowest BCUT2D eigenvalue weighted by Crippen LogP contribution is -2.17. The van der Waals surface area contributed by atoms with Gasteiger partial charge in [-0.05, 0) is 48.2 Å². The number of hydrogen-bond acceptors (Lipinski definition) is 5. The van der Waals surface area contributed by atoms with Crippen LogP contribution in [0.5, 0.6) is 0 Å². The highest BCUT2D eigenvalue weighted by Crippen LogP contribution is 2.18. The molecule has 30 heavy (non-hydrogen) atoms. The quantitative estimate of drug-likeness (QED) is 0.402. The summed E-state index contributed by atoms with van der Waals surface area (Å²) >= 11 is 0. The van der Waals surface area contributed by atoms with Crippen LogP contribution in [0, 0.1) is 11.6 Å². The first-order valence-corrected chi connectivity index (χ1v) is 9.24. The minimum Gasteiger partial charge on any atom is -0.481 e. The zero-order chi connectivity index (χ0) is 22.1. The summed E-state index contributed by atoms with van der Waals surface area (Å²) in [6.07, 6.45) is 0.264. The van der Waals surface area contributed by atoms with Crippen LogP contribution in [0.3, 0.4) is 0 Å². The van der Waals surface area contributed by atoms with Gasteiger partial charge in [0.15, 0.2) is 0 Å². The van der Waals surface area contributed by atoms with Crippen LogP contribution < -0.4 is 11.1 Å². The SMILES string of the molecule is Nc1cc(CCC(=O)OCCC(=O)Nc2cc(CCC(=O)O)ccc2F)ccc1F. The first-order chi connectivity index (χ1) is 14.2. The number of carbonyl (C=O) groups is 3. The Balaban J connectivity index is 1.75. The number of halogens is 2. The number of benzene rings is 2. The topological polar surface area (TPSA) is 119 Å². The zero-order valence-corrected chi connectivity index (χ0v) is 16.1. The molecule has 160 valence electrons. The number of ether oxygens (including phenoxy) is 1. The van der Waals surface area contributed by atoms with E-state index in [2.05, 4.69) is 5.32 Å². The van der Waals surface area contributed by atoms with Crippen molar-refractivity contribution in [3.8, 4) is 0 Å². The van der Waals surface area contributed by atoms with Gasteiger partial charge in [0, 0.05) is 12.8 Å². The van der Waals surface area contributed by atoms with E-state index in [9.17, 15) is 23.2 Å². The highest BCUT2D eigenvalue weighted by atomic mass is 19.1. The van der Waals surface area contributed by atoms with Crippen LogP contribution in [0.2, 0.25) is 0 Å². The van der Waals surface area contributed by atoms with E-state index >= 15 is 0 Å². The summed E-state index contributed by atoms with van der Waals surface area (Å²) < 4.78 is 31.9. The van der Waals surface area contributed by atoms with Gasteiger partial charge in [0.05, 0.1) is 17.8 Å². The second-order valence-corrected chi connectivity index (χ2v) is 6.58. The highest BCUT2D eigenvalue weighted by molar-refractivity contribution is 5.91. The Morgan fingerprint density at radius 2 is 1.57 bits per heavy atom. The van der Waals surface area contributed by atoms with Crippen molar-refractivity contribution in [2.75, 3.05) is 17.7 Å². The third-order valence-corrected chi connectivity index (χ3v) is 4.20. The molecule has 0 heterocycles. The highest BCUT2D eigenvalue weighted by Gasteiger charge is 2.11. The number of aliphatic carboxylic acids is 1. The summed E-state index contributed by atoms with van der Waals surface area (Å²) in [5.41, 5.74) is 6.65. The van der Waals surface area contributed by atoms with E-state index in [0.717, 1.165) is 6.07 Å². The molecule has 0 aliphatic heterocycles. The van der Waals surface area contributed by atoms with Gasteiger partial charge in [-0.25, -0.2) is 8.78 Å². The van der Waals surface area contributed by atoms with E-state index in [1.54, 1.807) is 0 Å². The molecule has 9 heteroatoms. The van der Waals surface area contributed by atoms with Crippen LogP contribution in [0.4, 0.5) is 20.2 Å². The van der Waals surface area contributed by atoms with Gasteiger partial charge in [-0.3, -0.25) is 14.4 Å². The molecule has 0 saturated heterocycles. The van der Waals surface area contributed by atoms with Gasteiger partial charge in [0.25, 0.3) is 0 Å². The average molecular weight is 420 g/mol. The van der Waals surface area contributed by atoms with Gasteiger partial charge in [-0.1, -0.05) is 12.1 Å². The van der Waals surface area contributed by atoms with Crippen LogP contribution in [0.15, 0.2) is 36.4 Å². The fourth-order valence-corrected chi connectivity index (χ4v) is 2.61. The van der Waals surface area contributed by atoms with Crippen LogP contribution in [0.25, 0.3) is 0 Å². The Morgan fingerprint density at radius 1 is 0.933 bits per heavy atom. The predicted molar refractivity (Wildman–Crippen MR) is 106 cm³/mol. The van der Waals surface area contributed by atoms with Crippen molar-refractivity contribution < 1.29 is 33.0 Å². The van der Waals surface area contributed by atoms with Crippen molar-refractivity contribution in [3.05, 3.63) is 59.2 Å². The number of carboxylic acids is 1. The maximum Gasteiger partial charge on any atom is 0.306 e. The number of rotatable bonds is 10. The van der Waals surface area contributed by atoms with Gasteiger partial charge in [-0.15, -0.1) is 0 Å². The molecular formula is C21H22F2N2O5. The molecule has 0 aliphatic carbocycles. The van der Waals surface area contributed by atoms with Crippen molar-refractivity contribution in [3.63, 3.8) is 0 Å². The van der Waals surface area contributed by atoms with Gasteiger partial charge in [0.2, 0.25) is 5.91 Å². The molecule has 0 bridgehead atoms. The van der Waals surface area contributed by atoms with Crippen LogP contribution in [0.1, 0.15) is 30.4 Å². The van der Waals surface area contributed by atoms with Crippen molar-refractivity contribution in [1.29, 1.82) is 0 Å². The third-order valence-electron chi connectivity index (χ3n) is 4.20. The Hall–Kier alpha value is -3.49. The second-order valence-electron chi connectivity index (χ2n) is 6.58. The number of hydrogen-bond donors (Lipinski definition) is 3. The number of nitrogens with two attached hydrogens (primary N) is 1. The summed E-state index contributed by atoms with van der Waals surface area (Å²) in [6, 6.07) is 8.15. The zero-order valence-electron chi connectivity index (χ0n) is 16.1. The first kappa shape index (κ1) is 22.8. The smallest absolute Gasteiger partial charge is 0.306 e. The van der Waals surface area contributed by atoms with Gasteiger partial charge in [-0.2, -0.15) is 0 Å². The Morgan fingerprint density at radius 3 is 2.23 bits per heavy atom. The number of esters is 1. The van der Waals surface area contributed by atoms with Crippen LogP contribution in [-0.4, -0.2) is 29.6 Å². The maximum absolute atomic E-state index is 13.8. The molecule has 0 unspecified atom stereocenters. The van der Waals surface area contributed by atoms with E-state index in [1.807, 2.05) is 0 Å². The molecule has 2 aromatic rings. The summed E-state index contributed by atoms with van der Waals surface area (Å²) in [4.78, 5) is 34.4. The molecular weight excluding hydrogens is 398 g/mol. The van der Waals surface area contributed by atoms with Crippen LogP contribution in [-0.2, 0) is 32.0 Å². The molecule has 7 nitrogen and oxygen atoms in total. The molecule has 2 aromatic carbocycles. The molecule has 0 saturated carbocycles. The van der Waals surface area contributed by atoms with Crippen LogP contribution >= 0.6 is 0 Å². The fraction of sp³-hybridized carbons (Fsp3) is 0.286. The average Bonchev–Trinajstić information content (AvgIpc) is 2.69. The molecule has 0 radical (unpaired) electrons. The molecule has 2 rings (SSSR count). The number of carboxylic acid groups (broad SMARTS) is 1. The Labute approximate surface area is 171 Å². The molecule has 0 fully saturated rings. The summed E-state index contributed by atoms with van der Waals surface area (Å²) in [5.74, 6) is -3.25. The summed E-state index contributed by atoms with van der Waals surface area (Å²) in [5, 5.41) is 11.1. The maximum atomic E-state index is 13.8. The van der Waals surface area contributed by atoms with Gasteiger partial charge < -0.3 is 20.9 Å². The predicted octanol–water partition coefficient (Wildman–Crippen LogP) is 3.07. The minimum absolute atomic E-state index is 0.00296. The largest absolute Gasteiger partial charge is 0.481 e. The number of carbonyl (C=O) groups excluding carboxylic acids is 2. The van der Waals surface area contributed by atoms with Crippen molar-refractivity contribution in [2.24, 2.45) is 0 Å². The number of nitrogens with one attached hydrogen (secondary N) is 1. The molecule has 0 atom stereocenters. The summed E-state index contributed by atoms with van der Waals surface area (Å²) in [7, 11) is 0. The summed E-state index contributed by atoms with van der Waals surface area (Å²) in [6.45, 7) is -0.184. The molecule has 0 spiro atoms. The normalized spacial score (nSPS) is 10.5. The lowest BCUT2D eigenvalue weighted by atomic mass is 10.1. The van der Waals surface area contributed by atoms with Crippen molar-refractivity contribution in [1.82, 2.24) is 0 Å².